The summed E-state index contributed by atoms with van der Waals surface area (Å²) in [5.41, 5.74) is -2.41. The molecule has 0 unspecified atom stereocenters. The Morgan fingerprint density at radius 3 is 1.20 bits per heavy atom. The number of hydrogen-bond acceptors (Lipinski definition) is 3. The second kappa shape index (κ2) is 3.25. The van der Waals surface area contributed by atoms with Gasteiger partial charge in [-0.2, -0.15) is 0 Å². The summed E-state index contributed by atoms with van der Waals surface area (Å²) in [6.45, 7) is 0. The van der Waals surface area contributed by atoms with Crippen molar-refractivity contribution < 1.29 is 20.3 Å². The quantitative estimate of drug-likeness (QED) is 0.312. The maximum absolute atomic E-state index is 10.2. The van der Waals surface area contributed by atoms with E-state index in [9.17, 15) is 14.4 Å². The van der Waals surface area contributed by atoms with Gasteiger partial charge in [0.2, 0.25) is 0 Å². The van der Waals surface area contributed by atoms with Crippen LogP contribution in [0.3, 0.4) is 0 Å². The fourth-order valence-electron chi connectivity index (χ4n) is 0.403. The van der Waals surface area contributed by atoms with Gasteiger partial charge in [0.05, 0.1) is 0 Å². The molecular formula is C3H4LiN3O3. The molecule has 6 nitrogen and oxygen atoms in total. The van der Waals surface area contributed by atoms with E-state index in [0.717, 1.165) is 0 Å². The van der Waals surface area contributed by atoms with E-state index in [0.29, 0.717) is 0 Å². The topological polar surface area (TPSA) is 98.6 Å². The van der Waals surface area contributed by atoms with Crippen LogP contribution in [-0.4, -0.2) is 15.0 Å². The molecule has 0 aromatic carbocycles. The summed E-state index contributed by atoms with van der Waals surface area (Å²) in [7, 11) is 0. The van der Waals surface area contributed by atoms with Crippen LogP contribution in [0.4, 0.5) is 0 Å². The van der Waals surface area contributed by atoms with Crippen molar-refractivity contribution in [1.82, 2.24) is 15.0 Å². The molecule has 1 aromatic rings. The van der Waals surface area contributed by atoms with Gasteiger partial charge in [0.25, 0.3) is 0 Å². The van der Waals surface area contributed by atoms with Gasteiger partial charge >= 0.3 is 35.9 Å². The molecule has 0 aliphatic rings. The average Bonchev–Trinajstić information content (AvgIpc) is 1.59. The number of nitrogens with one attached hydrogen (secondary N) is 3. The van der Waals surface area contributed by atoms with E-state index in [1.807, 2.05) is 0 Å². The molecule has 0 aliphatic heterocycles. The molecule has 0 saturated heterocycles. The first kappa shape index (κ1) is 9.01. The van der Waals surface area contributed by atoms with Crippen LogP contribution in [0.15, 0.2) is 14.4 Å². The summed E-state index contributed by atoms with van der Waals surface area (Å²) in [5, 5.41) is 0. The van der Waals surface area contributed by atoms with Gasteiger partial charge in [-0.3, -0.25) is 15.0 Å². The maximum Gasteiger partial charge on any atom is 1.00 e. The Labute approximate surface area is 67.4 Å². The number of aromatic nitrogens is 3. The monoisotopic (exact) mass is 137 g/mol. The summed E-state index contributed by atoms with van der Waals surface area (Å²) in [5.74, 6) is 0. The molecule has 7 heteroatoms. The van der Waals surface area contributed by atoms with Crippen LogP contribution in [0.25, 0.3) is 0 Å². The molecule has 0 bridgehead atoms. The molecule has 0 amide bonds. The molecule has 10 heavy (non-hydrogen) atoms. The standard InChI is InChI=1S/C3H3N3O3.Li.H/c7-1-4-2(8)6-3(9)5-1;;/h(H3,4,5,6,7,8,9);;/q;+1;-1. The van der Waals surface area contributed by atoms with Crippen molar-refractivity contribution in [2.24, 2.45) is 0 Å². The van der Waals surface area contributed by atoms with Crippen LogP contribution in [0, 0.1) is 0 Å². The Morgan fingerprint density at radius 1 is 0.800 bits per heavy atom. The SMILES string of the molecule is O=c1[nH]c(=O)[nH]c(=O)[nH]1.[H-].[Li+]. The van der Waals surface area contributed by atoms with Gasteiger partial charge in [0, 0.05) is 0 Å². The van der Waals surface area contributed by atoms with E-state index in [1.54, 1.807) is 15.0 Å². The number of hydrogen-bond donors (Lipinski definition) is 3. The summed E-state index contributed by atoms with van der Waals surface area (Å²) in [4.78, 5) is 35.9. The largest absolute Gasteiger partial charge is 1.00 e. The summed E-state index contributed by atoms with van der Waals surface area (Å²) < 4.78 is 0. The van der Waals surface area contributed by atoms with E-state index in [1.165, 1.54) is 0 Å². The first-order valence-electron chi connectivity index (χ1n) is 2.11. The smallest absolute Gasteiger partial charge is 1.00 e. The van der Waals surface area contributed by atoms with Gasteiger partial charge in [-0.05, 0) is 0 Å². The van der Waals surface area contributed by atoms with Crippen molar-refractivity contribution in [1.29, 1.82) is 0 Å². The Bertz CT molecular complexity index is 286. The predicted molar refractivity (Wildman–Crippen MR) is 29.4 cm³/mol. The second-order valence-corrected chi connectivity index (χ2v) is 1.36. The Balaban J connectivity index is 0. The Morgan fingerprint density at radius 2 is 1.00 bits per heavy atom. The minimum atomic E-state index is -0.802. The van der Waals surface area contributed by atoms with Gasteiger partial charge in [-0.15, -0.1) is 0 Å². The van der Waals surface area contributed by atoms with Crippen LogP contribution in [-0.2, 0) is 0 Å². The van der Waals surface area contributed by atoms with Crippen LogP contribution >= 0.6 is 0 Å². The predicted octanol–water partition coefficient (Wildman–Crippen LogP) is -5.13. The van der Waals surface area contributed by atoms with Crippen molar-refractivity contribution in [3.05, 3.63) is 31.5 Å². The average molecular weight is 137 g/mol. The molecular weight excluding hydrogens is 133 g/mol. The fraction of sp³-hybridized carbons (Fsp3) is 0. The van der Waals surface area contributed by atoms with E-state index < -0.39 is 17.1 Å². The molecule has 0 radical (unpaired) electrons. The van der Waals surface area contributed by atoms with Crippen molar-refractivity contribution >= 4 is 0 Å². The molecule has 0 aliphatic carbocycles. The molecule has 1 aromatic heterocycles. The van der Waals surface area contributed by atoms with Crippen LogP contribution in [0.2, 0.25) is 0 Å². The second-order valence-electron chi connectivity index (χ2n) is 1.36. The molecule has 0 atom stereocenters. The molecule has 0 spiro atoms. The van der Waals surface area contributed by atoms with E-state index in [2.05, 4.69) is 0 Å². The molecule has 3 N–H and O–H groups in total. The summed E-state index contributed by atoms with van der Waals surface area (Å²) >= 11 is 0. The zero-order chi connectivity index (χ0) is 6.85. The van der Waals surface area contributed by atoms with Gasteiger partial charge < -0.3 is 1.43 Å². The first-order valence-corrected chi connectivity index (χ1v) is 2.11. The van der Waals surface area contributed by atoms with Gasteiger partial charge in [0.1, 0.15) is 0 Å². The summed E-state index contributed by atoms with van der Waals surface area (Å²) in [6, 6.07) is 0. The number of H-pyrrole nitrogens is 3. The van der Waals surface area contributed by atoms with Crippen molar-refractivity contribution in [2.45, 2.75) is 0 Å². The molecule has 1 heterocycles. The first-order chi connectivity index (χ1) is 4.18. The minimum Gasteiger partial charge on any atom is -1.00 e. The van der Waals surface area contributed by atoms with E-state index in [-0.39, 0.29) is 20.3 Å². The summed E-state index contributed by atoms with van der Waals surface area (Å²) in [6.07, 6.45) is 0. The molecule has 50 valence electrons. The van der Waals surface area contributed by atoms with Gasteiger partial charge in [-0.1, -0.05) is 0 Å². The zero-order valence-corrected chi connectivity index (χ0v) is 5.22. The van der Waals surface area contributed by atoms with Gasteiger partial charge in [-0.25, -0.2) is 14.4 Å². The zero-order valence-electron chi connectivity index (χ0n) is 6.22. The number of rotatable bonds is 0. The minimum absolute atomic E-state index is 0. The third kappa shape index (κ3) is 2.09. The Hall–Kier alpha value is -0.993. The van der Waals surface area contributed by atoms with Crippen LogP contribution in [0.5, 0.6) is 0 Å². The third-order valence-corrected chi connectivity index (χ3v) is 0.681. The Kier molecular flexibility index (Phi) is 2.92. The van der Waals surface area contributed by atoms with Crippen molar-refractivity contribution in [3.8, 4) is 0 Å². The van der Waals surface area contributed by atoms with Crippen LogP contribution < -0.4 is 35.9 Å². The van der Waals surface area contributed by atoms with Crippen LogP contribution in [0.1, 0.15) is 1.43 Å². The molecule has 0 fully saturated rings. The molecule has 0 saturated carbocycles. The normalized spacial score (nSPS) is 8.40. The van der Waals surface area contributed by atoms with E-state index in [4.69, 9.17) is 0 Å². The van der Waals surface area contributed by atoms with Gasteiger partial charge in [0.15, 0.2) is 0 Å². The number of aromatic amines is 3. The molecule has 1 rings (SSSR count). The maximum atomic E-state index is 10.2. The van der Waals surface area contributed by atoms with E-state index >= 15 is 0 Å². The van der Waals surface area contributed by atoms with Crippen molar-refractivity contribution in [2.75, 3.05) is 0 Å². The van der Waals surface area contributed by atoms with Crippen molar-refractivity contribution in [3.63, 3.8) is 0 Å². The third-order valence-electron chi connectivity index (χ3n) is 0.681. The fourth-order valence-corrected chi connectivity index (χ4v) is 0.403.